The van der Waals surface area contributed by atoms with Crippen molar-refractivity contribution in [3.05, 3.63) is 70.6 Å². The summed E-state index contributed by atoms with van der Waals surface area (Å²) in [5, 5.41) is 15.3. The fraction of sp³-hybridized carbons (Fsp3) is 0.250. The number of methoxy groups -OCH3 is 1. The quantitative estimate of drug-likeness (QED) is 0.406. The van der Waals surface area contributed by atoms with Crippen molar-refractivity contribution in [3.8, 4) is 17.0 Å². The van der Waals surface area contributed by atoms with Crippen LogP contribution in [0.25, 0.3) is 22.0 Å². The molecular weight excluding hydrogens is 406 g/mol. The SMILES string of the molecule is CCCCCn1nc(C(=O)Nc2cc(-c3ccccc3OC)[nH]n2)c2ccccc2c1=O. The number of hydrogen-bond acceptors (Lipinski definition) is 5. The number of carbonyl (C=O) groups excluding carboxylic acids is 1. The van der Waals surface area contributed by atoms with Crippen LogP contribution in [0.2, 0.25) is 0 Å². The Kier molecular flexibility index (Phi) is 6.30. The zero-order valence-corrected chi connectivity index (χ0v) is 18.1. The van der Waals surface area contributed by atoms with Gasteiger partial charge >= 0.3 is 0 Å². The van der Waals surface area contributed by atoms with Crippen molar-refractivity contribution < 1.29 is 9.53 Å². The maximum absolute atomic E-state index is 13.1. The Balaban J connectivity index is 1.65. The van der Waals surface area contributed by atoms with Crippen LogP contribution in [0.1, 0.15) is 36.7 Å². The lowest BCUT2D eigenvalue weighted by Crippen LogP contribution is -2.27. The van der Waals surface area contributed by atoms with Gasteiger partial charge in [0.2, 0.25) is 0 Å². The van der Waals surface area contributed by atoms with Gasteiger partial charge in [0.1, 0.15) is 5.75 Å². The Morgan fingerprint density at radius 1 is 1.09 bits per heavy atom. The van der Waals surface area contributed by atoms with Gasteiger partial charge in [0.15, 0.2) is 11.5 Å². The lowest BCUT2D eigenvalue weighted by atomic mass is 10.1. The van der Waals surface area contributed by atoms with Crippen molar-refractivity contribution in [2.45, 2.75) is 32.7 Å². The lowest BCUT2D eigenvalue weighted by molar-refractivity contribution is 0.102. The standard InChI is InChI=1S/C24H25N5O3/c1-3-4-9-14-29-24(31)17-11-6-5-10-16(17)22(28-29)23(30)25-21-15-19(26-27-21)18-12-7-8-13-20(18)32-2/h5-8,10-13,15H,3-4,9,14H2,1-2H3,(H2,25,26,27,30). The molecule has 0 atom stereocenters. The molecule has 0 aliphatic rings. The number of unbranched alkanes of at least 4 members (excludes halogenated alkanes) is 2. The summed E-state index contributed by atoms with van der Waals surface area (Å²) in [4.78, 5) is 25.9. The fourth-order valence-corrected chi connectivity index (χ4v) is 3.63. The van der Waals surface area contributed by atoms with E-state index in [0.29, 0.717) is 34.6 Å². The number of ether oxygens (including phenoxy) is 1. The third-order valence-corrected chi connectivity index (χ3v) is 5.27. The van der Waals surface area contributed by atoms with Gasteiger partial charge in [-0.2, -0.15) is 10.2 Å². The van der Waals surface area contributed by atoms with Crippen LogP contribution in [0.5, 0.6) is 5.75 Å². The Hall–Kier alpha value is -3.94. The van der Waals surface area contributed by atoms with Gasteiger partial charge in [-0.3, -0.25) is 14.7 Å². The first kappa shape index (κ1) is 21.3. The predicted molar refractivity (Wildman–Crippen MR) is 124 cm³/mol. The average Bonchev–Trinajstić information content (AvgIpc) is 3.29. The summed E-state index contributed by atoms with van der Waals surface area (Å²) >= 11 is 0. The van der Waals surface area contributed by atoms with Gasteiger partial charge in [0, 0.05) is 23.6 Å². The number of hydrogen-bond donors (Lipinski definition) is 2. The number of aryl methyl sites for hydroxylation is 1. The molecule has 0 bridgehead atoms. The summed E-state index contributed by atoms with van der Waals surface area (Å²) in [5.74, 6) is 0.620. The summed E-state index contributed by atoms with van der Waals surface area (Å²) in [6, 6.07) is 16.3. The number of amides is 1. The highest BCUT2D eigenvalue weighted by atomic mass is 16.5. The molecule has 1 amide bonds. The Morgan fingerprint density at radius 2 is 1.84 bits per heavy atom. The van der Waals surface area contributed by atoms with Crippen LogP contribution in [0.3, 0.4) is 0 Å². The largest absolute Gasteiger partial charge is 0.496 e. The van der Waals surface area contributed by atoms with Crippen LogP contribution in [0.4, 0.5) is 5.82 Å². The number of rotatable bonds is 8. The fourth-order valence-electron chi connectivity index (χ4n) is 3.63. The number of benzene rings is 2. The smallest absolute Gasteiger partial charge is 0.277 e. The van der Waals surface area contributed by atoms with Gasteiger partial charge in [-0.15, -0.1) is 0 Å². The molecule has 0 saturated carbocycles. The Labute approximate surface area is 185 Å². The van der Waals surface area contributed by atoms with E-state index in [0.717, 1.165) is 24.8 Å². The van der Waals surface area contributed by atoms with Crippen LogP contribution in [0, 0.1) is 0 Å². The zero-order chi connectivity index (χ0) is 22.5. The first-order chi connectivity index (χ1) is 15.6. The predicted octanol–water partition coefficient (Wildman–Crippen LogP) is 4.24. The summed E-state index contributed by atoms with van der Waals surface area (Å²) < 4.78 is 6.78. The minimum absolute atomic E-state index is 0.188. The maximum Gasteiger partial charge on any atom is 0.277 e. The van der Waals surface area contributed by atoms with Crippen molar-refractivity contribution in [2.24, 2.45) is 0 Å². The topological polar surface area (TPSA) is 102 Å². The summed E-state index contributed by atoms with van der Waals surface area (Å²) in [6.45, 7) is 2.57. The average molecular weight is 431 g/mol. The Morgan fingerprint density at radius 3 is 2.62 bits per heavy atom. The second-order valence-corrected chi connectivity index (χ2v) is 7.45. The van der Waals surface area contributed by atoms with Crippen molar-refractivity contribution in [1.29, 1.82) is 0 Å². The molecule has 4 aromatic rings. The molecule has 0 aliphatic carbocycles. The highest BCUT2D eigenvalue weighted by molar-refractivity contribution is 6.10. The van der Waals surface area contributed by atoms with E-state index < -0.39 is 5.91 Å². The van der Waals surface area contributed by atoms with E-state index in [-0.39, 0.29) is 11.3 Å². The molecule has 0 fully saturated rings. The normalized spacial score (nSPS) is 10.9. The van der Waals surface area contributed by atoms with Crippen molar-refractivity contribution in [1.82, 2.24) is 20.0 Å². The van der Waals surface area contributed by atoms with Crippen LogP contribution >= 0.6 is 0 Å². The highest BCUT2D eigenvalue weighted by Gasteiger charge is 2.18. The number of H-pyrrole nitrogens is 1. The molecular formula is C24H25N5O3. The van der Waals surface area contributed by atoms with Crippen LogP contribution in [-0.2, 0) is 6.54 Å². The summed E-state index contributed by atoms with van der Waals surface area (Å²) in [7, 11) is 1.60. The molecule has 164 valence electrons. The molecule has 0 aliphatic heterocycles. The number of aromatic amines is 1. The van der Waals surface area contributed by atoms with Gasteiger partial charge in [-0.1, -0.05) is 50.1 Å². The molecule has 8 nitrogen and oxygen atoms in total. The van der Waals surface area contributed by atoms with E-state index in [1.54, 1.807) is 37.4 Å². The van der Waals surface area contributed by atoms with E-state index in [1.165, 1.54) is 4.68 Å². The van der Waals surface area contributed by atoms with Crippen molar-refractivity contribution >= 4 is 22.5 Å². The lowest BCUT2D eigenvalue weighted by Gasteiger charge is -2.10. The number of anilines is 1. The van der Waals surface area contributed by atoms with E-state index in [2.05, 4.69) is 27.5 Å². The summed E-state index contributed by atoms with van der Waals surface area (Å²) in [6.07, 6.45) is 2.84. The van der Waals surface area contributed by atoms with Gasteiger partial charge < -0.3 is 10.1 Å². The van der Waals surface area contributed by atoms with Gasteiger partial charge in [-0.05, 0) is 24.6 Å². The second-order valence-electron chi connectivity index (χ2n) is 7.45. The number of nitrogens with zero attached hydrogens (tertiary/aromatic N) is 3. The van der Waals surface area contributed by atoms with Gasteiger partial charge in [0.25, 0.3) is 11.5 Å². The number of nitrogens with one attached hydrogen (secondary N) is 2. The minimum Gasteiger partial charge on any atom is -0.496 e. The number of carbonyl (C=O) groups is 1. The highest BCUT2D eigenvalue weighted by Crippen LogP contribution is 2.29. The monoisotopic (exact) mass is 431 g/mol. The van der Waals surface area contributed by atoms with Crippen molar-refractivity contribution in [3.63, 3.8) is 0 Å². The molecule has 8 heteroatoms. The summed E-state index contributed by atoms with van der Waals surface area (Å²) in [5.41, 5.74) is 1.54. The first-order valence-electron chi connectivity index (χ1n) is 10.6. The second kappa shape index (κ2) is 9.47. The van der Waals surface area contributed by atoms with E-state index in [4.69, 9.17) is 4.74 Å². The molecule has 2 heterocycles. The molecule has 0 unspecified atom stereocenters. The third kappa shape index (κ3) is 4.25. The van der Waals surface area contributed by atoms with Crippen LogP contribution in [-0.4, -0.2) is 33.0 Å². The molecule has 0 saturated heterocycles. The zero-order valence-electron chi connectivity index (χ0n) is 18.1. The molecule has 0 spiro atoms. The first-order valence-corrected chi connectivity index (χ1v) is 10.6. The third-order valence-electron chi connectivity index (χ3n) is 5.27. The van der Waals surface area contributed by atoms with E-state index in [9.17, 15) is 9.59 Å². The minimum atomic E-state index is -0.427. The maximum atomic E-state index is 13.1. The van der Waals surface area contributed by atoms with Crippen molar-refractivity contribution in [2.75, 3.05) is 12.4 Å². The van der Waals surface area contributed by atoms with Crippen LogP contribution < -0.4 is 15.6 Å². The molecule has 0 radical (unpaired) electrons. The molecule has 2 N–H and O–H groups in total. The van der Waals surface area contributed by atoms with Crippen LogP contribution in [0.15, 0.2) is 59.4 Å². The number of aromatic nitrogens is 4. The van der Waals surface area contributed by atoms with Gasteiger partial charge in [0.05, 0.1) is 18.2 Å². The molecule has 32 heavy (non-hydrogen) atoms. The molecule has 2 aromatic heterocycles. The van der Waals surface area contributed by atoms with E-state index >= 15 is 0 Å². The number of para-hydroxylation sites is 1. The van der Waals surface area contributed by atoms with Gasteiger partial charge in [-0.25, -0.2) is 4.68 Å². The number of fused-ring (bicyclic) bond motifs is 1. The molecule has 2 aromatic carbocycles. The Bertz CT molecular complexity index is 1310. The van der Waals surface area contributed by atoms with E-state index in [1.807, 2.05) is 24.3 Å². The molecule has 4 rings (SSSR count).